The molecule has 0 aromatic carbocycles. The van der Waals surface area contributed by atoms with Crippen LogP contribution in [0.4, 0.5) is 4.79 Å². The number of Topliss-reactive ketones (excluding diaryl/α,β-unsaturated/α-hetero) is 1. The number of methoxy groups -OCH3 is 1. The highest BCUT2D eigenvalue weighted by atomic mass is 16.7. The summed E-state index contributed by atoms with van der Waals surface area (Å²) in [4.78, 5) is 60.7. The molecule has 0 aliphatic carbocycles. The molecule has 1 amide bonds. The number of aromatic nitrogens is 3. The number of fused-ring (bicyclic) bond motifs is 1. The second-order valence-electron chi connectivity index (χ2n) is 18.1. The van der Waals surface area contributed by atoms with Crippen molar-refractivity contribution in [3.8, 4) is 11.3 Å². The predicted octanol–water partition coefficient (Wildman–Crippen LogP) is 5.92. The molecule has 3 aliphatic heterocycles. The standard InChI is InChI=1S/C45H70N6O10/c1-14-35-45(9)39(51(43(55)61-45)20-16-17-27(3)50-24-33(47-25-50)32-18-15-19-46-23-32)29(5)36(48-57-13)26(2)22-44(8,56-12)40(30(6)37(52)31(7)41(54)59-35)60-42-38(53)34(49(10)11)21-28(4)58-42/h15,18-19,23-31,34-35,38-40,42,53H,14,16-17,20-22H2,1-13H3/b48-36+/t26-,27?,28-,29+,30+,31-,34+,35-,38-,39-,40-,42?,44-,45-/m1/s1. The smallest absolute Gasteiger partial charge is 0.410 e. The Balaban J connectivity index is 1.50. The van der Waals surface area contributed by atoms with Gasteiger partial charge in [0.1, 0.15) is 25.2 Å². The molecule has 16 heteroatoms. The average molecular weight is 855 g/mol. The van der Waals surface area contributed by atoms with Gasteiger partial charge in [0.25, 0.3) is 0 Å². The van der Waals surface area contributed by atoms with E-state index in [9.17, 15) is 19.5 Å². The van der Waals surface area contributed by atoms with E-state index in [1.807, 2.05) is 78.3 Å². The molecule has 1 N–H and O–H groups in total. The maximum Gasteiger partial charge on any atom is 0.410 e. The van der Waals surface area contributed by atoms with Crippen molar-refractivity contribution in [1.82, 2.24) is 24.3 Å². The highest BCUT2D eigenvalue weighted by Crippen LogP contribution is 2.43. The van der Waals surface area contributed by atoms with Crippen molar-refractivity contribution >= 4 is 23.6 Å². The number of amides is 1. The van der Waals surface area contributed by atoms with Crippen LogP contribution in [0.3, 0.4) is 0 Å². The normalized spacial score (nSPS) is 36.6. The maximum atomic E-state index is 14.5. The number of pyridine rings is 1. The van der Waals surface area contributed by atoms with Gasteiger partial charge in [-0.3, -0.25) is 14.6 Å². The Hall–Kier alpha value is -3.96. The molecule has 0 bridgehead atoms. The number of esters is 1. The fourth-order valence-corrected chi connectivity index (χ4v) is 9.94. The zero-order valence-corrected chi connectivity index (χ0v) is 38.4. The number of hydrogen-bond donors (Lipinski definition) is 1. The zero-order chi connectivity index (χ0) is 45.0. The van der Waals surface area contributed by atoms with Gasteiger partial charge in [0, 0.05) is 67.6 Å². The van der Waals surface area contributed by atoms with Gasteiger partial charge in [0.2, 0.25) is 0 Å². The molecular formula is C45H70N6O10. The Kier molecular flexibility index (Phi) is 15.8. The fourth-order valence-electron chi connectivity index (χ4n) is 9.94. The number of cyclic esters (lactones) is 1. The summed E-state index contributed by atoms with van der Waals surface area (Å²) in [5.41, 5.74) is -0.139. The van der Waals surface area contributed by atoms with Gasteiger partial charge in [-0.2, -0.15) is 0 Å². The van der Waals surface area contributed by atoms with Crippen molar-refractivity contribution in [3.05, 3.63) is 37.1 Å². The van der Waals surface area contributed by atoms with E-state index in [2.05, 4.69) is 26.6 Å². The van der Waals surface area contributed by atoms with E-state index in [-0.39, 0.29) is 30.5 Å². The molecule has 0 saturated carbocycles. The largest absolute Gasteiger partial charge is 0.458 e. The fraction of sp³-hybridized carbons (Fsp3) is 0.733. The van der Waals surface area contributed by atoms with Gasteiger partial charge in [-0.15, -0.1) is 0 Å². The van der Waals surface area contributed by atoms with Crippen LogP contribution in [0.15, 0.2) is 42.2 Å². The van der Waals surface area contributed by atoms with Gasteiger partial charge in [0.15, 0.2) is 17.7 Å². The van der Waals surface area contributed by atoms with Gasteiger partial charge < -0.3 is 48.0 Å². The van der Waals surface area contributed by atoms with E-state index in [0.717, 1.165) is 17.7 Å². The first-order valence-corrected chi connectivity index (χ1v) is 21.8. The Labute approximate surface area is 361 Å². The molecule has 5 heterocycles. The van der Waals surface area contributed by atoms with Crippen LogP contribution in [-0.2, 0) is 38.1 Å². The lowest BCUT2D eigenvalue weighted by molar-refractivity contribution is -0.295. The first kappa shape index (κ1) is 48.1. The number of oxime groups is 1. The van der Waals surface area contributed by atoms with Crippen LogP contribution in [0, 0.1) is 23.7 Å². The van der Waals surface area contributed by atoms with Crippen molar-refractivity contribution in [3.63, 3.8) is 0 Å². The zero-order valence-electron chi connectivity index (χ0n) is 38.4. The molecule has 3 aliphatic rings. The molecule has 2 aromatic heterocycles. The monoisotopic (exact) mass is 855 g/mol. The molecule has 14 atom stereocenters. The first-order valence-electron chi connectivity index (χ1n) is 21.8. The summed E-state index contributed by atoms with van der Waals surface area (Å²) in [6.45, 7) is 17.1. The number of nitrogens with zero attached hydrogens (tertiary/aromatic N) is 6. The molecule has 340 valence electrons. The maximum absolute atomic E-state index is 14.5. The summed E-state index contributed by atoms with van der Waals surface area (Å²) < 4.78 is 33.9. The van der Waals surface area contributed by atoms with Gasteiger partial charge in [-0.05, 0) is 93.0 Å². The molecule has 61 heavy (non-hydrogen) atoms. The number of aliphatic hydroxyl groups is 1. The summed E-state index contributed by atoms with van der Waals surface area (Å²) in [6.07, 6.45) is 5.06. The first-order chi connectivity index (χ1) is 28.8. The van der Waals surface area contributed by atoms with Crippen LogP contribution < -0.4 is 0 Å². The average Bonchev–Trinajstić information content (AvgIpc) is 3.83. The van der Waals surface area contributed by atoms with Crippen LogP contribution in [0.5, 0.6) is 0 Å². The Morgan fingerprint density at radius 2 is 1.82 bits per heavy atom. The van der Waals surface area contributed by atoms with Crippen LogP contribution in [0.2, 0.25) is 0 Å². The summed E-state index contributed by atoms with van der Waals surface area (Å²) in [5.74, 6) is -4.12. The highest BCUT2D eigenvalue weighted by Gasteiger charge is 2.60. The van der Waals surface area contributed by atoms with E-state index in [0.29, 0.717) is 31.5 Å². The predicted molar refractivity (Wildman–Crippen MR) is 228 cm³/mol. The molecule has 2 unspecified atom stereocenters. The third-order valence-electron chi connectivity index (χ3n) is 13.5. The molecule has 3 saturated heterocycles. The number of aliphatic hydroxyl groups excluding tert-OH is 1. The Morgan fingerprint density at radius 3 is 2.44 bits per heavy atom. The van der Waals surface area contributed by atoms with Gasteiger partial charge >= 0.3 is 12.1 Å². The van der Waals surface area contributed by atoms with Crippen LogP contribution in [0.25, 0.3) is 11.3 Å². The second kappa shape index (κ2) is 20.0. The molecule has 3 fully saturated rings. The Bertz CT molecular complexity index is 1830. The summed E-state index contributed by atoms with van der Waals surface area (Å²) in [6, 6.07) is 3.00. The van der Waals surface area contributed by atoms with Crippen molar-refractivity contribution in [2.75, 3.05) is 34.9 Å². The molecule has 16 nitrogen and oxygen atoms in total. The van der Waals surface area contributed by atoms with Crippen molar-refractivity contribution in [1.29, 1.82) is 0 Å². The van der Waals surface area contributed by atoms with Crippen molar-refractivity contribution in [2.24, 2.45) is 28.8 Å². The van der Waals surface area contributed by atoms with Crippen molar-refractivity contribution in [2.45, 2.75) is 154 Å². The molecular weight excluding hydrogens is 785 g/mol. The molecule has 5 rings (SSSR count). The SMILES string of the molecule is CC[C@H]1OC(=O)[C@H](C)C(=O)[C@H](C)[C@@H](OC2O[C@H](C)C[C@H](N(C)C)[C@H]2O)[C@](C)(OC)C[C@@H](C)/C(=N\OC)[C@H](C)[C@H]2N(CCCC(C)n3cnc(-c4cccnc4)c3)C(=O)O[C@]12C. The summed E-state index contributed by atoms with van der Waals surface area (Å²) in [5, 5.41) is 16.2. The summed E-state index contributed by atoms with van der Waals surface area (Å²) in [7, 11) is 6.82. The lowest BCUT2D eigenvalue weighted by Gasteiger charge is -2.47. The van der Waals surface area contributed by atoms with Crippen molar-refractivity contribution < 1.29 is 48.0 Å². The van der Waals surface area contributed by atoms with E-state index >= 15 is 0 Å². The summed E-state index contributed by atoms with van der Waals surface area (Å²) >= 11 is 0. The molecule has 0 radical (unpaired) electrons. The third-order valence-corrected chi connectivity index (χ3v) is 13.5. The van der Waals surface area contributed by atoms with Crippen LogP contribution >= 0.6 is 0 Å². The number of ketones is 1. The number of hydrogen-bond acceptors (Lipinski definition) is 14. The number of rotatable bonds is 12. The van der Waals surface area contributed by atoms with Crippen LogP contribution in [-0.4, -0.2) is 142 Å². The minimum atomic E-state index is -1.33. The second-order valence-corrected chi connectivity index (χ2v) is 18.1. The number of likely N-dealkylation sites (N-methyl/N-ethyl adjacent to an activating group) is 1. The van der Waals surface area contributed by atoms with E-state index < -0.39 is 77.4 Å². The van der Waals surface area contributed by atoms with Gasteiger partial charge in [0.05, 0.1) is 41.6 Å². The van der Waals surface area contributed by atoms with E-state index in [4.69, 9.17) is 28.5 Å². The van der Waals surface area contributed by atoms with Gasteiger partial charge in [-0.25, -0.2) is 9.78 Å². The minimum Gasteiger partial charge on any atom is -0.458 e. The van der Waals surface area contributed by atoms with E-state index in [1.165, 1.54) is 14.0 Å². The Morgan fingerprint density at radius 1 is 1.10 bits per heavy atom. The van der Waals surface area contributed by atoms with Gasteiger partial charge in [-0.1, -0.05) is 32.9 Å². The molecule has 2 aromatic rings. The topological polar surface area (TPSA) is 176 Å². The number of carbonyl (C=O) groups is 3. The van der Waals surface area contributed by atoms with E-state index in [1.54, 1.807) is 38.3 Å². The van der Waals surface area contributed by atoms with Crippen LogP contribution in [0.1, 0.15) is 100 Å². The minimum absolute atomic E-state index is 0.0692. The third kappa shape index (κ3) is 10.1. The highest BCUT2D eigenvalue weighted by molar-refractivity contribution is 6.00. The number of ether oxygens (including phenoxy) is 5. The number of imidazole rings is 1. The number of carbonyl (C=O) groups excluding carboxylic acids is 3. The molecule has 0 spiro atoms. The lowest BCUT2D eigenvalue weighted by atomic mass is 9.73. The lowest BCUT2D eigenvalue weighted by Crippen LogP contribution is -2.60. The quantitative estimate of drug-likeness (QED) is 0.151.